The maximum absolute atomic E-state index is 11.5. The number of rotatable bonds is 18. The Hall–Kier alpha value is -4.98. The van der Waals surface area contributed by atoms with E-state index in [1.807, 2.05) is 24.3 Å². The monoisotopic (exact) mass is 848 g/mol. The van der Waals surface area contributed by atoms with E-state index in [4.69, 9.17) is 18.9 Å². The van der Waals surface area contributed by atoms with Gasteiger partial charge in [-0.3, -0.25) is 9.59 Å². The Bertz CT molecular complexity index is 1960. The number of benzene rings is 4. The lowest BCUT2D eigenvalue weighted by molar-refractivity contribution is -0.277. The van der Waals surface area contributed by atoms with Gasteiger partial charge in [-0.2, -0.15) is 0 Å². The highest BCUT2D eigenvalue weighted by Crippen LogP contribution is 2.37. The molecule has 10 N–H and O–H groups in total. The molecule has 2 fully saturated rings. The molecule has 0 saturated carbocycles. The number of hydrogen-bond donors (Lipinski definition) is 10. The zero-order valence-corrected chi connectivity index (χ0v) is 33.1. The van der Waals surface area contributed by atoms with Crippen molar-refractivity contribution in [1.29, 1.82) is 0 Å². The van der Waals surface area contributed by atoms with Gasteiger partial charge in [-0.05, 0) is 83.3 Å². The quantitative estimate of drug-likeness (QED) is 0.0637. The van der Waals surface area contributed by atoms with Crippen molar-refractivity contribution in [3.8, 4) is 33.8 Å². The molecule has 328 valence electrons. The summed E-state index contributed by atoms with van der Waals surface area (Å²) in [5.74, 6) is -1.46. The second-order valence-electron chi connectivity index (χ2n) is 15.4. The molecule has 2 heterocycles. The van der Waals surface area contributed by atoms with Crippen molar-refractivity contribution >= 4 is 11.9 Å². The van der Waals surface area contributed by atoms with Gasteiger partial charge in [-0.15, -0.1) is 0 Å². The van der Waals surface area contributed by atoms with Gasteiger partial charge < -0.3 is 70.0 Å². The molecule has 0 aromatic heterocycles. The molecule has 61 heavy (non-hydrogen) atoms. The van der Waals surface area contributed by atoms with Crippen molar-refractivity contribution in [3.63, 3.8) is 0 Å². The lowest BCUT2D eigenvalue weighted by Gasteiger charge is -2.39. The van der Waals surface area contributed by atoms with E-state index in [1.165, 1.54) is 0 Å². The van der Waals surface area contributed by atoms with E-state index in [9.17, 15) is 60.7 Å². The molecule has 0 spiro atoms. The highest BCUT2D eigenvalue weighted by molar-refractivity contribution is 5.76. The molecule has 2 aliphatic heterocycles. The Morgan fingerprint density at radius 2 is 0.902 bits per heavy atom. The van der Waals surface area contributed by atoms with Crippen molar-refractivity contribution in [1.82, 2.24) is 0 Å². The fourth-order valence-corrected chi connectivity index (χ4v) is 7.58. The molecule has 16 nitrogen and oxygen atoms in total. The summed E-state index contributed by atoms with van der Waals surface area (Å²) in [6.07, 6.45) is -11.5. The number of carboxylic acid groups (broad SMARTS) is 2. The smallest absolute Gasteiger partial charge is 0.307 e. The molecule has 2 aliphatic rings. The standard InChI is InChI=1S/C45H52O16/c46-22-34-38(52)40(54)42(56)44(60-34)58-32-14-12-24(18-30(32)28-10-4-8-26(16-28)20-36(48)49)6-2-1-3-7-25-13-15-33(59-45-43(57)41(55)39(53)35(23-47)61-45)31(19-25)29-11-5-9-27(17-29)21-37(50)51/h4-5,8-19,34-35,38-47,52-57H,1-3,6-7,20-23H2,(H,48,49)(H,50,51)/t34-,35-,38-,39-,40+,41+,42+,43+,44+,45+/m1/s1. The van der Waals surface area contributed by atoms with E-state index >= 15 is 0 Å². The first-order valence-corrected chi connectivity index (χ1v) is 20.1. The van der Waals surface area contributed by atoms with Gasteiger partial charge in [0, 0.05) is 11.1 Å². The van der Waals surface area contributed by atoms with E-state index in [2.05, 4.69) is 0 Å². The number of ether oxygens (including phenoxy) is 4. The van der Waals surface area contributed by atoms with Gasteiger partial charge in [0.1, 0.15) is 60.3 Å². The minimum absolute atomic E-state index is 0.205. The molecule has 2 saturated heterocycles. The Labute approximate surface area is 351 Å². The summed E-state index contributed by atoms with van der Waals surface area (Å²) in [5.41, 5.74) is 5.43. The number of aliphatic hydroxyl groups excluding tert-OH is 8. The Kier molecular flexibility index (Phi) is 15.5. The topological polar surface area (TPSA) is 273 Å². The van der Waals surface area contributed by atoms with Gasteiger partial charge in [0.25, 0.3) is 0 Å². The molecular weight excluding hydrogens is 796 g/mol. The van der Waals surface area contributed by atoms with Crippen molar-refractivity contribution < 1.29 is 79.6 Å². The van der Waals surface area contributed by atoms with E-state index in [0.29, 0.717) is 46.2 Å². The largest absolute Gasteiger partial charge is 0.481 e. The van der Waals surface area contributed by atoms with Gasteiger partial charge in [-0.1, -0.05) is 67.1 Å². The number of carboxylic acids is 2. The van der Waals surface area contributed by atoms with Crippen molar-refractivity contribution in [2.45, 2.75) is 106 Å². The summed E-state index contributed by atoms with van der Waals surface area (Å²) in [6, 6.07) is 24.8. The van der Waals surface area contributed by atoms with Gasteiger partial charge in [0.15, 0.2) is 0 Å². The lowest BCUT2D eigenvalue weighted by atomic mass is 9.95. The minimum atomic E-state index is -1.64. The second-order valence-corrected chi connectivity index (χ2v) is 15.4. The third-order valence-corrected chi connectivity index (χ3v) is 10.9. The Morgan fingerprint density at radius 3 is 1.28 bits per heavy atom. The highest BCUT2D eigenvalue weighted by Gasteiger charge is 2.46. The molecule has 6 rings (SSSR count). The number of aliphatic carboxylic acids is 2. The van der Waals surface area contributed by atoms with E-state index in [0.717, 1.165) is 30.4 Å². The molecule has 4 aromatic rings. The second kappa shape index (κ2) is 20.7. The first kappa shape index (κ1) is 45.5. The van der Waals surface area contributed by atoms with Crippen LogP contribution in [0.4, 0.5) is 0 Å². The Morgan fingerprint density at radius 1 is 0.492 bits per heavy atom. The predicted molar refractivity (Wildman–Crippen MR) is 216 cm³/mol. The van der Waals surface area contributed by atoms with Crippen molar-refractivity contribution in [2.75, 3.05) is 13.2 Å². The SMILES string of the molecule is O=C(O)Cc1cccc(-c2cc(CCCCCc3ccc(O[C@H]4O[C@H](CO)[C@@H](O)[C@H](O)[C@@H]4O)c(-c4cccc(CC(=O)O)c4)c3)ccc2O[C@H]2O[C@H](CO)[C@@H](O)[C@H](O)[C@@H]2O)c1. The van der Waals surface area contributed by atoms with Crippen LogP contribution in [0, 0.1) is 0 Å². The third kappa shape index (κ3) is 11.3. The van der Waals surface area contributed by atoms with Gasteiger partial charge in [0.2, 0.25) is 12.6 Å². The molecule has 4 aromatic carbocycles. The van der Waals surface area contributed by atoms with Crippen LogP contribution >= 0.6 is 0 Å². The third-order valence-electron chi connectivity index (χ3n) is 10.9. The van der Waals surface area contributed by atoms with Crippen LogP contribution in [0.5, 0.6) is 11.5 Å². The van der Waals surface area contributed by atoms with Crippen LogP contribution in [0.25, 0.3) is 22.3 Å². The molecular formula is C45H52O16. The van der Waals surface area contributed by atoms with Gasteiger partial charge in [0.05, 0.1) is 26.1 Å². The van der Waals surface area contributed by atoms with E-state index in [-0.39, 0.29) is 24.3 Å². The number of unbranched alkanes of at least 4 members (excludes halogenated alkanes) is 2. The number of carbonyl (C=O) groups is 2. The average Bonchev–Trinajstić information content (AvgIpc) is 3.24. The first-order chi connectivity index (χ1) is 29.3. The molecule has 0 radical (unpaired) electrons. The summed E-state index contributed by atoms with van der Waals surface area (Å²) in [6.45, 7) is -1.24. The molecule has 10 atom stereocenters. The maximum atomic E-state index is 11.5. The first-order valence-electron chi connectivity index (χ1n) is 20.1. The van der Waals surface area contributed by atoms with Crippen LogP contribution < -0.4 is 9.47 Å². The van der Waals surface area contributed by atoms with Crippen LogP contribution in [-0.2, 0) is 44.7 Å². The predicted octanol–water partition coefficient (Wildman–Crippen LogP) is 1.59. The zero-order valence-electron chi connectivity index (χ0n) is 33.1. The van der Waals surface area contributed by atoms with E-state index < -0.39 is 86.6 Å². The summed E-state index contributed by atoms with van der Waals surface area (Å²) < 4.78 is 23.3. The molecule has 0 amide bonds. The van der Waals surface area contributed by atoms with Crippen LogP contribution in [0.1, 0.15) is 41.5 Å². The molecule has 0 aliphatic carbocycles. The summed E-state index contributed by atoms with van der Waals surface area (Å²) in [7, 11) is 0. The van der Waals surface area contributed by atoms with Gasteiger partial charge in [-0.25, -0.2) is 0 Å². The fraction of sp³-hybridized carbons (Fsp3) is 0.422. The van der Waals surface area contributed by atoms with Crippen molar-refractivity contribution in [3.05, 3.63) is 107 Å². The highest BCUT2D eigenvalue weighted by atomic mass is 16.7. The fourth-order valence-electron chi connectivity index (χ4n) is 7.58. The van der Waals surface area contributed by atoms with E-state index in [1.54, 1.807) is 60.7 Å². The number of aryl methyl sites for hydroxylation is 2. The lowest BCUT2D eigenvalue weighted by Crippen LogP contribution is -2.60. The summed E-state index contributed by atoms with van der Waals surface area (Å²) in [4.78, 5) is 23.0. The van der Waals surface area contributed by atoms with Crippen LogP contribution in [0.3, 0.4) is 0 Å². The molecule has 0 unspecified atom stereocenters. The number of hydrogen-bond acceptors (Lipinski definition) is 14. The van der Waals surface area contributed by atoms with Crippen LogP contribution in [0.15, 0.2) is 84.9 Å². The Balaban J connectivity index is 1.17. The number of aliphatic hydroxyl groups is 8. The van der Waals surface area contributed by atoms with Crippen LogP contribution in [0.2, 0.25) is 0 Å². The molecule has 16 heteroatoms. The minimum Gasteiger partial charge on any atom is -0.481 e. The van der Waals surface area contributed by atoms with Gasteiger partial charge >= 0.3 is 11.9 Å². The summed E-state index contributed by atoms with van der Waals surface area (Å²) in [5, 5.41) is 101. The summed E-state index contributed by atoms with van der Waals surface area (Å²) >= 11 is 0. The van der Waals surface area contributed by atoms with Crippen LogP contribution in [-0.4, -0.2) is 138 Å². The van der Waals surface area contributed by atoms with Crippen molar-refractivity contribution in [2.24, 2.45) is 0 Å². The average molecular weight is 849 g/mol. The zero-order chi connectivity index (χ0) is 43.8. The normalized spacial score (nSPS) is 26.4. The molecule has 0 bridgehead atoms. The maximum Gasteiger partial charge on any atom is 0.307 e.